The molecule has 1 aromatic carbocycles. The molecule has 0 atom stereocenters. The first-order valence-corrected chi connectivity index (χ1v) is 9.81. The number of benzene rings is 1. The molecule has 146 valence electrons. The first kappa shape index (κ1) is 20.7. The summed E-state index contributed by atoms with van der Waals surface area (Å²) < 4.78 is 25.4. The third-order valence-electron chi connectivity index (χ3n) is 3.58. The summed E-state index contributed by atoms with van der Waals surface area (Å²) in [6.07, 6.45) is 0.928. The second-order valence-electron chi connectivity index (χ2n) is 5.33. The van der Waals surface area contributed by atoms with E-state index in [1.165, 1.54) is 24.9 Å². The molecule has 1 aromatic heterocycles. The zero-order chi connectivity index (χ0) is 20.4. The average molecular weight is 417 g/mol. The maximum atomic E-state index is 12.6. The summed E-state index contributed by atoms with van der Waals surface area (Å²) in [5, 5.41) is 13.7. The number of nitrogens with zero attached hydrogens (tertiary/aromatic N) is 5. The quantitative estimate of drug-likeness (QED) is 0.677. The first-order valence-electron chi connectivity index (χ1n) is 7.54. The largest absolute Gasteiger partial charge is 0.289 e. The molecule has 2 amide bonds. The van der Waals surface area contributed by atoms with Gasteiger partial charge in [-0.25, -0.2) is 18.2 Å². The molecule has 0 radical (unpaired) electrons. The molecule has 1 heterocycles. The first-order chi connectivity index (χ1) is 12.6. The highest BCUT2D eigenvalue weighted by Crippen LogP contribution is 2.29. The Morgan fingerprint density at radius 2 is 2.04 bits per heavy atom. The standard InChI is InChI=1S/C14H17ClN6O5S/c1-5-21-14(17-18-19-21)16-12(22)8-6-7-9(27(4,24)25)10(11(8)15)13(23)20(2)26-3/h6-7H,5H2,1-4H3,(H,16,17,19,22). The number of aromatic nitrogens is 4. The Kier molecular flexibility index (Phi) is 6.13. The SMILES string of the molecule is CCn1nnnc1NC(=O)c1ccc(S(C)(=O)=O)c(C(=O)N(C)OC)c1Cl. The molecule has 0 fully saturated rings. The van der Waals surface area contributed by atoms with Crippen molar-refractivity contribution < 1.29 is 22.8 Å². The number of carbonyl (C=O) groups excluding carboxylic acids is 2. The molecule has 11 nitrogen and oxygen atoms in total. The van der Waals surface area contributed by atoms with E-state index in [0.29, 0.717) is 6.54 Å². The average Bonchev–Trinajstić information content (AvgIpc) is 3.06. The van der Waals surface area contributed by atoms with Crippen LogP contribution in [0.5, 0.6) is 0 Å². The van der Waals surface area contributed by atoms with Gasteiger partial charge in [-0.3, -0.25) is 19.7 Å². The normalized spacial score (nSPS) is 11.3. The lowest BCUT2D eigenvalue weighted by Crippen LogP contribution is -2.28. The Hall–Kier alpha value is -2.57. The van der Waals surface area contributed by atoms with Crippen LogP contribution < -0.4 is 5.32 Å². The van der Waals surface area contributed by atoms with E-state index >= 15 is 0 Å². The fraction of sp³-hybridized carbons (Fsp3) is 0.357. The summed E-state index contributed by atoms with van der Waals surface area (Å²) in [5.74, 6) is -1.46. The van der Waals surface area contributed by atoms with Gasteiger partial charge in [-0.15, -0.1) is 0 Å². The second-order valence-corrected chi connectivity index (χ2v) is 7.69. The fourth-order valence-corrected chi connectivity index (χ4v) is 3.42. The van der Waals surface area contributed by atoms with Gasteiger partial charge < -0.3 is 0 Å². The minimum absolute atomic E-state index is 0.0765. The minimum atomic E-state index is -3.80. The number of aryl methyl sites for hydroxylation is 1. The minimum Gasteiger partial charge on any atom is -0.289 e. The van der Waals surface area contributed by atoms with Crippen molar-refractivity contribution in [1.82, 2.24) is 25.3 Å². The van der Waals surface area contributed by atoms with E-state index < -0.39 is 21.7 Å². The van der Waals surface area contributed by atoms with Crippen molar-refractivity contribution >= 4 is 39.2 Å². The highest BCUT2D eigenvalue weighted by Gasteiger charge is 2.28. The maximum absolute atomic E-state index is 12.6. The van der Waals surface area contributed by atoms with Crippen LogP contribution in [0, 0.1) is 0 Å². The van der Waals surface area contributed by atoms with E-state index in [0.717, 1.165) is 17.4 Å². The van der Waals surface area contributed by atoms with Crippen LogP contribution in [0.4, 0.5) is 5.95 Å². The van der Waals surface area contributed by atoms with E-state index in [4.69, 9.17) is 16.4 Å². The highest BCUT2D eigenvalue weighted by molar-refractivity contribution is 7.90. The molecular weight excluding hydrogens is 400 g/mol. The molecule has 0 saturated heterocycles. The van der Waals surface area contributed by atoms with Crippen LogP contribution in [0.3, 0.4) is 0 Å². The molecule has 0 bridgehead atoms. The Balaban J connectivity index is 2.56. The zero-order valence-corrected chi connectivity index (χ0v) is 16.5. The molecule has 2 aromatic rings. The van der Waals surface area contributed by atoms with Crippen molar-refractivity contribution in [3.8, 4) is 0 Å². The lowest BCUT2D eigenvalue weighted by atomic mass is 10.1. The summed E-state index contributed by atoms with van der Waals surface area (Å²) in [4.78, 5) is 29.6. The number of carbonyl (C=O) groups is 2. The van der Waals surface area contributed by atoms with E-state index in [1.54, 1.807) is 6.92 Å². The molecule has 0 aliphatic rings. The predicted octanol–water partition coefficient (Wildman–Crippen LogP) is 0.636. The van der Waals surface area contributed by atoms with E-state index in [-0.39, 0.29) is 27.0 Å². The molecule has 0 unspecified atom stereocenters. The van der Waals surface area contributed by atoms with Crippen molar-refractivity contribution in [3.05, 3.63) is 28.3 Å². The van der Waals surface area contributed by atoms with Gasteiger partial charge in [-0.05, 0) is 29.5 Å². The van der Waals surface area contributed by atoms with E-state index in [2.05, 4.69) is 20.8 Å². The number of amides is 2. The van der Waals surface area contributed by atoms with Crippen LogP contribution in [0.1, 0.15) is 27.6 Å². The Bertz CT molecular complexity index is 990. The van der Waals surface area contributed by atoms with Crippen LogP contribution in [0.2, 0.25) is 5.02 Å². The van der Waals surface area contributed by atoms with Crippen LogP contribution in [0.25, 0.3) is 0 Å². The van der Waals surface area contributed by atoms with Gasteiger partial charge in [0.25, 0.3) is 11.8 Å². The van der Waals surface area contributed by atoms with Crippen LogP contribution in [-0.4, -0.2) is 65.9 Å². The van der Waals surface area contributed by atoms with Crippen molar-refractivity contribution in [3.63, 3.8) is 0 Å². The Labute approximate surface area is 160 Å². The Morgan fingerprint density at radius 1 is 1.37 bits per heavy atom. The lowest BCUT2D eigenvalue weighted by molar-refractivity contribution is -0.0759. The summed E-state index contributed by atoms with van der Waals surface area (Å²) in [6, 6.07) is 2.34. The highest BCUT2D eigenvalue weighted by atomic mass is 35.5. The number of halogens is 1. The molecule has 0 aliphatic carbocycles. The summed E-state index contributed by atoms with van der Waals surface area (Å²) >= 11 is 6.24. The molecule has 0 saturated carbocycles. The van der Waals surface area contributed by atoms with Gasteiger partial charge in [0.15, 0.2) is 9.84 Å². The lowest BCUT2D eigenvalue weighted by Gasteiger charge is -2.18. The number of nitrogens with one attached hydrogen (secondary N) is 1. The molecule has 2 rings (SSSR count). The summed E-state index contributed by atoms with van der Waals surface area (Å²) in [6.45, 7) is 2.18. The zero-order valence-electron chi connectivity index (χ0n) is 14.9. The van der Waals surface area contributed by atoms with E-state index in [1.807, 2.05) is 0 Å². The fourth-order valence-electron chi connectivity index (χ4n) is 2.16. The number of sulfone groups is 1. The van der Waals surface area contributed by atoms with E-state index in [9.17, 15) is 18.0 Å². The number of hydrogen-bond acceptors (Lipinski definition) is 8. The van der Waals surface area contributed by atoms with Crippen molar-refractivity contribution in [2.45, 2.75) is 18.4 Å². The maximum Gasteiger partial charge on any atom is 0.280 e. The predicted molar refractivity (Wildman–Crippen MR) is 95.1 cm³/mol. The third kappa shape index (κ3) is 4.23. The molecule has 0 aliphatic heterocycles. The molecule has 1 N–H and O–H groups in total. The second kappa shape index (κ2) is 7.98. The van der Waals surface area contributed by atoms with Crippen molar-refractivity contribution in [2.24, 2.45) is 0 Å². The number of tetrazole rings is 1. The monoisotopic (exact) mass is 416 g/mol. The molecule has 27 heavy (non-hydrogen) atoms. The topological polar surface area (TPSA) is 136 Å². The van der Waals surface area contributed by atoms with Crippen LogP contribution in [-0.2, 0) is 21.2 Å². The van der Waals surface area contributed by atoms with Gasteiger partial charge in [0.2, 0.25) is 5.95 Å². The molecule has 13 heteroatoms. The summed E-state index contributed by atoms with van der Waals surface area (Å²) in [5.41, 5.74) is -0.492. The number of anilines is 1. The van der Waals surface area contributed by atoms with Crippen molar-refractivity contribution in [2.75, 3.05) is 25.7 Å². The van der Waals surface area contributed by atoms with Crippen LogP contribution in [0.15, 0.2) is 17.0 Å². The van der Waals surface area contributed by atoms with Gasteiger partial charge in [0.05, 0.1) is 28.2 Å². The van der Waals surface area contributed by atoms with Gasteiger partial charge in [-0.2, -0.15) is 0 Å². The van der Waals surface area contributed by atoms with Crippen LogP contribution >= 0.6 is 11.6 Å². The molecule has 0 spiro atoms. The number of hydroxylamine groups is 2. The smallest absolute Gasteiger partial charge is 0.280 e. The number of hydrogen-bond donors (Lipinski definition) is 1. The Morgan fingerprint density at radius 3 is 2.59 bits per heavy atom. The number of rotatable bonds is 6. The third-order valence-corrected chi connectivity index (χ3v) is 5.11. The molecular formula is C14H17ClN6O5S. The van der Waals surface area contributed by atoms with Gasteiger partial charge in [-0.1, -0.05) is 16.7 Å². The van der Waals surface area contributed by atoms with Gasteiger partial charge >= 0.3 is 0 Å². The van der Waals surface area contributed by atoms with Crippen molar-refractivity contribution in [1.29, 1.82) is 0 Å². The summed E-state index contributed by atoms with van der Waals surface area (Å²) in [7, 11) is -1.29. The van der Waals surface area contributed by atoms with Gasteiger partial charge in [0.1, 0.15) is 0 Å². The van der Waals surface area contributed by atoms with Gasteiger partial charge in [0, 0.05) is 19.8 Å².